The fourth-order valence-corrected chi connectivity index (χ4v) is 3.61. The lowest BCUT2D eigenvalue weighted by Gasteiger charge is -2.33. The SMILES string of the molecule is N#Cc1ccccc1OCc1ccc(C(=O)N2CCN(CC(=O)Nc3ccc(F)cc3)CC2)o1. The number of furan rings is 1. The van der Waals surface area contributed by atoms with Crippen molar-refractivity contribution in [3.8, 4) is 11.8 Å². The lowest BCUT2D eigenvalue weighted by molar-refractivity contribution is -0.117. The molecule has 0 atom stereocenters. The third-order valence-corrected chi connectivity index (χ3v) is 5.40. The molecule has 3 aromatic rings. The quantitative estimate of drug-likeness (QED) is 0.579. The minimum atomic E-state index is -0.362. The van der Waals surface area contributed by atoms with Gasteiger partial charge in [-0.25, -0.2) is 4.39 Å². The number of ether oxygens (including phenoxy) is 1. The van der Waals surface area contributed by atoms with Crippen LogP contribution in [0.2, 0.25) is 0 Å². The van der Waals surface area contributed by atoms with E-state index in [0.717, 1.165) is 0 Å². The molecule has 4 rings (SSSR count). The first-order chi connectivity index (χ1) is 16.5. The lowest BCUT2D eigenvalue weighted by Crippen LogP contribution is -2.50. The van der Waals surface area contributed by atoms with E-state index in [-0.39, 0.29) is 36.5 Å². The molecule has 1 N–H and O–H groups in total. The van der Waals surface area contributed by atoms with Gasteiger partial charge in [-0.05, 0) is 48.5 Å². The number of benzene rings is 2. The predicted octanol–water partition coefficient (Wildman–Crippen LogP) is 3.27. The maximum absolute atomic E-state index is 13.0. The Bertz CT molecular complexity index is 1190. The Kier molecular flexibility index (Phi) is 7.20. The summed E-state index contributed by atoms with van der Waals surface area (Å²) in [6, 6.07) is 17.9. The fraction of sp³-hybridized carbons (Fsp3) is 0.240. The predicted molar refractivity (Wildman–Crippen MR) is 122 cm³/mol. The molecule has 1 aliphatic heterocycles. The number of anilines is 1. The molecular formula is C25H23FN4O4. The molecule has 1 saturated heterocycles. The Morgan fingerprint density at radius 1 is 1.03 bits per heavy atom. The molecule has 9 heteroatoms. The van der Waals surface area contributed by atoms with Gasteiger partial charge in [-0.3, -0.25) is 14.5 Å². The van der Waals surface area contributed by atoms with Crippen molar-refractivity contribution in [3.05, 3.63) is 83.6 Å². The molecule has 0 saturated carbocycles. The number of hydrogen-bond donors (Lipinski definition) is 1. The van der Waals surface area contributed by atoms with E-state index in [1.54, 1.807) is 41.3 Å². The van der Waals surface area contributed by atoms with Crippen LogP contribution in [-0.4, -0.2) is 54.3 Å². The molecule has 0 radical (unpaired) electrons. The summed E-state index contributed by atoms with van der Waals surface area (Å²) in [5.74, 6) is 0.370. The van der Waals surface area contributed by atoms with Crippen molar-refractivity contribution in [2.45, 2.75) is 6.61 Å². The topological polar surface area (TPSA) is 98.8 Å². The van der Waals surface area contributed by atoms with Gasteiger partial charge in [0.25, 0.3) is 5.91 Å². The molecule has 0 unspecified atom stereocenters. The fourth-order valence-electron chi connectivity index (χ4n) is 3.61. The number of nitrogens with zero attached hydrogens (tertiary/aromatic N) is 3. The standard InChI is InChI=1S/C25H23FN4O4/c26-19-5-7-20(8-6-19)28-24(31)16-29-11-13-30(14-12-29)25(32)23-10-9-21(34-23)17-33-22-4-2-1-3-18(22)15-27/h1-10H,11-14,16-17H2,(H,28,31). The van der Waals surface area contributed by atoms with E-state index >= 15 is 0 Å². The van der Waals surface area contributed by atoms with E-state index in [0.29, 0.717) is 48.9 Å². The lowest BCUT2D eigenvalue weighted by atomic mass is 10.2. The Hall–Kier alpha value is -4.16. The van der Waals surface area contributed by atoms with E-state index in [1.807, 2.05) is 4.90 Å². The van der Waals surface area contributed by atoms with Crippen molar-refractivity contribution in [1.29, 1.82) is 5.26 Å². The summed E-state index contributed by atoms with van der Waals surface area (Å²) in [7, 11) is 0. The van der Waals surface area contributed by atoms with Crippen molar-refractivity contribution in [2.24, 2.45) is 0 Å². The zero-order chi connectivity index (χ0) is 23.9. The molecule has 2 heterocycles. The number of rotatable bonds is 7. The summed E-state index contributed by atoms with van der Waals surface area (Å²) >= 11 is 0. The van der Waals surface area contributed by atoms with Crippen LogP contribution >= 0.6 is 0 Å². The highest BCUT2D eigenvalue weighted by molar-refractivity contribution is 5.92. The number of carbonyl (C=O) groups excluding carboxylic acids is 2. The second kappa shape index (κ2) is 10.6. The van der Waals surface area contributed by atoms with Crippen LogP contribution < -0.4 is 10.1 Å². The maximum atomic E-state index is 13.0. The van der Waals surface area contributed by atoms with Crippen molar-refractivity contribution >= 4 is 17.5 Å². The van der Waals surface area contributed by atoms with Gasteiger partial charge < -0.3 is 19.4 Å². The minimum absolute atomic E-state index is 0.100. The largest absolute Gasteiger partial charge is 0.484 e. The van der Waals surface area contributed by atoms with E-state index in [2.05, 4.69) is 11.4 Å². The van der Waals surface area contributed by atoms with Crippen LogP contribution in [0, 0.1) is 17.1 Å². The highest BCUT2D eigenvalue weighted by atomic mass is 19.1. The molecule has 8 nitrogen and oxygen atoms in total. The zero-order valence-corrected chi connectivity index (χ0v) is 18.4. The monoisotopic (exact) mass is 462 g/mol. The molecule has 1 aliphatic rings. The molecule has 2 amide bonds. The van der Waals surface area contributed by atoms with Crippen LogP contribution in [-0.2, 0) is 11.4 Å². The zero-order valence-electron chi connectivity index (χ0n) is 18.4. The van der Waals surface area contributed by atoms with E-state index in [1.165, 1.54) is 24.3 Å². The molecule has 1 fully saturated rings. The first kappa shape index (κ1) is 23.0. The summed E-state index contributed by atoms with van der Waals surface area (Å²) in [6.45, 7) is 2.30. The van der Waals surface area contributed by atoms with Crippen molar-refractivity contribution in [2.75, 3.05) is 38.0 Å². The van der Waals surface area contributed by atoms with Gasteiger partial charge in [0.1, 0.15) is 30.0 Å². The minimum Gasteiger partial charge on any atom is -0.484 e. The van der Waals surface area contributed by atoms with Crippen molar-refractivity contribution in [1.82, 2.24) is 9.80 Å². The Morgan fingerprint density at radius 3 is 2.50 bits per heavy atom. The van der Waals surface area contributed by atoms with E-state index < -0.39 is 0 Å². The molecule has 1 aromatic heterocycles. The van der Waals surface area contributed by atoms with Gasteiger partial charge in [0, 0.05) is 31.9 Å². The van der Waals surface area contributed by atoms with Crippen LogP contribution in [0.4, 0.5) is 10.1 Å². The maximum Gasteiger partial charge on any atom is 0.289 e. The molecule has 0 bridgehead atoms. The Balaban J connectivity index is 1.24. The second-order valence-corrected chi connectivity index (χ2v) is 7.79. The van der Waals surface area contributed by atoms with Crippen LogP contribution in [0.3, 0.4) is 0 Å². The van der Waals surface area contributed by atoms with Crippen molar-refractivity contribution < 1.29 is 23.1 Å². The molecule has 174 valence electrons. The first-order valence-electron chi connectivity index (χ1n) is 10.8. The van der Waals surface area contributed by atoms with Gasteiger partial charge in [-0.15, -0.1) is 0 Å². The van der Waals surface area contributed by atoms with Crippen LogP contribution in [0.25, 0.3) is 0 Å². The number of nitriles is 1. The Labute approximate surface area is 196 Å². The third-order valence-electron chi connectivity index (χ3n) is 5.40. The molecule has 2 aromatic carbocycles. The van der Waals surface area contributed by atoms with Gasteiger partial charge in [0.15, 0.2) is 5.76 Å². The smallest absolute Gasteiger partial charge is 0.289 e. The van der Waals surface area contributed by atoms with Gasteiger partial charge in [0.2, 0.25) is 5.91 Å². The normalized spacial score (nSPS) is 13.8. The number of halogens is 1. The third kappa shape index (κ3) is 5.79. The van der Waals surface area contributed by atoms with Gasteiger partial charge in [0.05, 0.1) is 12.1 Å². The molecule has 34 heavy (non-hydrogen) atoms. The van der Waals surface area contributed by atoms with Crippen LogP contribution in [0.1, 0.15) is 21.9 Å². The summed E-state index contributed by atoms with van der Waals surface area (Å²) < 4.78 is 24.3. The highest BCUT2D eigenvalue weighted by Gasteiger charge is 2.25. The average molecular weight is 462 g/mol. The number of hydrogen-bond acceptors (Lipinski definition) is 6. The van der Waals surface area contributed by atoms with E-state index in [9.17, 15) is 14.0 Å². The van der Waals surface area contributed by atoms with Gasteiger partial charge >= 0.3 is 0 Å². The number of carbonyl (C=O) groups is 2. The number of amides is 2. The van der Waals surface area contributed by atoms with Gasteiger partial charge in [-0.1, -0.05) is 12.1 Å². The van der Waals surface area contributed by atoms with Crippen LogP contribution in [0.5, 0.6) is 5.75 Å². The molecule has 0 aliphatic carbocycles. The highest BCUT2D eigenvalue weighted by Crippen LogP contribution is 2.20. The second-order valence-electron chi connectivity index (χ2n) is 7.79. The van der Waals surface area contributed by atoms with E-state index in [4.69, 9.17) is 14.4 Å². The summed E-state index contributed by atoms with van der Waals surface area (Å²) in [6.07, 6.45) is 0. The number of nitrogens with one attached hydrogen (secondary N) is 1. The summed E-state index contributed by atoms with van der Waals surface area (Å²) in [5, 5.41) is 11.9. The van der Waals surface area contributed by atoms with Crippen molar-refractivity contribution in [3.63, 3.8) is 0 Å². The number of para-hydroxylation sites is 1. The number of piperazine rings is 1. The average Bonchev–Trinajstić information content (AvgIpc) is 3.33. The summed E-state index contributed by atoms with van der Waals surface area (Å²) in [4.78, 5) is 28.7. The first-order valence-corrected chi connectivity index (χ1v) is 10.8. The van der Waals surface area contributed by atoms with Crippen LogP contribution in [0.15, 0.2) is 65.1 Å². The molecule has 0 spiro atoms. The van der Waals surface area contributed by atoms with Gasteiger partial charge in [-0.2, -0.15) is 5.26 Å². The Morgan fingerprint density at radius 2 is 1.76 bits per heavy atom. The molecular weight excluding hydrogens is 439 g/mol. The summed E-state index contributed by atoms with van der Waals surface area (Å²) in [5.41, 5.74) is 0.962.